The Balaban J connectivity index is 1.63. The Labute approximate surface area is 166 Å². The molecule has 1 unspecified atom stereocenters. The Hall–Kier alpha value is -2.82. The van der Waals surface area contributed by atoms with Crippen molar-refractivity contribution < 1.29 is 14.3 Å². The van der Waals surface area contributed by atoms with Crippen molar-refractivity contribution in [1.29, 1.82) is 0 Å². The standard InChI is InChI=1S/C23H28N2O3/c1-3-28-20-12-10-19(11-13-20)21(26)25-15-7-14-23(2,17-25)22(27)24-16-18-8-5-4-6-9-18/h4-6,8-13H,3,7,14-17H2,1-2H3,(H,24,27). The molecule has 0 radical (unpaired) electrons. The van der Waals surface area contributed by atoms with Crippen molar-refractivity contribution in [3.05, 3.63) is 65.7 Å². The van der Waals surface area contributed by atoms with Gasteiger partial charge < -0.3 is 15.0 Å². The van der Waals surface area contributed by atoms with Crippen molar-refractivity contribution >= 4 is 11.8 Å². The van der Waals surface area contributed by atoms with E-state index < -0.39 is 5.41 Å². The van der Waals surface area contributed by atoms with E-state index >= 15 is 0 Å². The molecule has 0 bridgehead atoms. The average molecular weight is 380 g/mol. The summed E-state index contributed by atoms with van der Waals surface area (Å²) in [5, 5.41) is 3.04. The fourth-order valence-corrected chi connectivity index (χ4v) is 3.63. The first kappa shape index (κ1) is 19.9. The third-order valence-electron chi connectivity index (χ3n) is 5.24. The predicted octanol–water partition coefficient (Wildman–Crippen LogP) is 3.64. The summed E-state index contributed by atoms with van der Waals surface area (Å²) in [5.74, 6) is 0.716. The van der Waals surface area contributed by atoms with Gasteiger partial charge in [-0.2, -0.15) is 0 Å². The third-order valence-corrected chi connectivity index (χ3v) is 5.24. The number of likely N-dealkylation sites (tertiary alicyclic amines) is 1. The summed E-state index contributed by atoms with van der Waals surface area (Å²) in [4.78, 5) is 27.6. The summed E-state index contributed by atoms with van der Waals surface area (Å²) in [5.41, 5.74) is 1.11. The maximum absolute atomic E-state index is 12.9. The molecule has 5 nitrogen and oxygen atoms in total. The Morgan fingerprint density at radius 2 is 1.82 bits per heavy atom. The van der Waals surface area contributed by atoms with Gasteiger partial charge in [0, 0.05) is 25.2 Å². The second-order valence-electron chi connectivity index (χ2n) is 7.52. The minimum absolute atomic E-state index is 0.000506. The maximum atomic E-state index is 12.9. The molecule has 1 fully saturated rings. The summed E-state index contributed by atoms with van der Waals surface area (Å²) in [6.07, 6.45) is 1.60. The maximum Gasteiger partial charge on any atom is 0.253 e. The van der Waals surface area contributed by atoms with Crippen LogP contribution in [0.4, 0.5) is 0 Å². The smallest absolute Gasteiger partial charge is 0.253 e. The minimum Gasteiger partial charge on any atom is -0.494 e. The number of carbonyl (C=O) groups excluding carboxylic acids is 2. The largest absolute Gasteiger partial charge is 0.494 e. The lowest BCUT2D eigenvalue weighted by atomic mass is 9.80. The van der Waals surface area contributed by atoms with E-state index in [1.165, 1.54) is 0 Å². The summed E-state index contributed by atoms with van der Waals surface area (Å²) >= 11 is 0. The summed E-state index contributed by atoms with van der Waals surface area (Å²) in [6.45, 7) is 6.08. The number of benzene rings is 2. The second-order valence-corrected chi connectivity index (χ2v) is 7.52. The van der Waals surface area contributed by atoms with Crippen LogP contribution >= 0.6 is 0 Å². The summed E-state index contributed by atoms with van der Waals surface area (Å²) < 4.78 is 5.44. The molecule has 1 saturated heterocycles. The van der Waals surface area contributed by atoms with Gasteiger partial charge in [-0.05, 0) is 56.5 Å². The molecule has 0 aliphatic carbocycles. The average Bonchev–Trinajstić information content (AvgIpc) is 2.73. The Kier molecular flexibility index (Phi) is 6.34. The third kappa shape index (κ3) is 4.71. The van der Waals surface area contributed by atoms with E-state index in [9.17, 15) is 9.59 Å². The molecular weight excluding hydrogens is 352 g/mol. The first-order chi connectivity index (χ1) is 13.5. The van der Waals surface area contributed by atoms with E-state index in [1.54, 1.807) is 17.0 Å². The van der Waals surface area contributed by atoms with Gasteiger partial charge in [-0.3, -0.25) is 9.59 Å². The fraction of sp³-hybridized carbons (Fsp3) is 0.391. The molecule has 0 spiro atoms. The van der Waals surface area contributed by atoms with Gasteiger partial charge in [0.05, 0.1) is 12.0 Å². The van der Waals surface area contributed by atoms with E-state index in [1.807, 2.05) is 56.3 Å². The number of hydrogen-bond acceptors (Lipinski definition) is 3. The van der Waals surface area contributed by atoms with Crippen LogP contribution in [-0.2, 0) is 11.3 Å². The lowest BCUT2D eigenvalue weighted by Crippen LogP contribution is -2.51. The molecular formula is C23H28N2O3. The number of carbonyl (C=O) groups is 2. The summed E-state index contributed by atoms with van der Waals surface area (Å²) in [7, 11) is 0. The van der Waals surface area contributed by atoms with Gasteiger partial charge in [-0.25, -0.2) is 0 Å². The zero-order valence-corrected chi connectivity index (χ0v) is 16.6. The van der Waals surface area contributed by atoms with E-state index in [0.29, 0.717) is 31.8 Å². The molecule has 1 aliphatic heterocycles. The monoisotopic (exact) mass is 380 g/mol. The Morgan fingerprint density at radius 1 is 1.11 bits per heavy atom. The van der Waals surface area contributed by atoms with Gasteiger partial charge in [0.15, 0.2) is 0 Å². The highest BCUT2D eigenvalue weighted by Crippen LogP contribution is 2.31. The molecule has 1 atom stereocenters. The fourth-order valence-electron chi connectivity index (χ4n) is 3.63. The van der Waals surface area contributed by atoms with Crippen LogP contribution in [0.1, 0.15) is 42.6 Å². The molecule has 0 saturated carbocycles. The molecule has 0 aromatic heterocycles. The Morgan fingerprint density at radius 3 is 2.50 bits per heavy atom. The van der Waals surface area contributed by atoms with Crippen LogP contribution in [0.15, 0.2) is 54.6 Å². The highest BCUT2D eigenvalue weighted by molar-refractivity contribution is 5.95. The topological polar surface area (TPSA) is 58.6 Å². The van der Waals surface area contributed by atoms with Crippen molar-refractivity contribution in [3.8, 4) is 5.75 Å². The number of piperidine rings is 1. The molecule has 2 aromatic carbocycles. The minimum atomic E-state index is -0.575. The van der Waals surface area contributed by atoms with Crippen molar-refractivity contribution in [2.45, 2.75) is 33.2 Å². The van der Waals surface area contributed by atoms with Gasteiger partial charge >= 0.3 is 0 Å². The van der Waals surface area contributed by atoms with Crippen LogP contribution in [0.2, 0.25) is 0 Å². The van der Waals surface area contributed by atoms with Gasteiger partial charge in [-0.15, -0.1) is 0 Å². The van der Waals surface area contributed by atoms with Crippen LogP contribution in [0.5, 0.6) is 5.75 Å². The number of hydrogen-bond donors (Lipinski definition) is 1. The first-order valence-electron chi connectivity index (χ1n) is 9.86. The zero-order valence-electron chi connectivity index (χ0n) is 16.6. The van der Waals surface area contributed by atoms with Gasteiger partial charge in [0.1, 0.15) is 5.75 Å². The predicted molar refractivity (Wildman–Crippen MR) is 109 cm³/mol. The number of ether oxygens (including phenoxy) is 1. The SMILES string of the molecule is CCOc1ccc(C(=O)N2CCCC(C)(C(=O)NCc3ccccc3)C2)cc1. The molecule has 148 valence electrons. The lowest BCUT2D eigenvalue weighted by Gasteiger charge is -2.39. The lowest BCUT2D eigenvalue weighted by molar-refractivity contribution is -0.132. The molecule has 2 amide bonds. The van der Waals surface area contributed by atoms with Crippen molar-refractivity contribution in [3.63, 3.8) is 0 Å². The zero-order chi connectivity index (χ0) is 20.0. The first-order valence-corrected chi connectivity index (χ1v) is 9.86. The van der Waals surface area contributed by atoms with Gasteiger partial charge in [-0.1, -0.05) is 30.3 Å². The normalized spacial score (nSPS) is 19.1. The van der Waals surface area contributed by atoms with Gasteiger partial charge in [0.25, 0.3) is 5.91 Å². The van der Waals surface area contributed by atoms with E-state index in [2.05, 4.69) is 5.32 Å². The molecule has 2 aromatic rings. The molecule has 28 heavy (non-hydrogen) atoms. The highest BCUT2D eigenvalue weighted by Gasteiger charge is 2.39. The van der Waals surface area contributed by atoms with Gasteiger partial charge in [0.2, 0.25) is 5.91 Å². The number of amides is 2. The number of nitrogens with zero attached hydrogens (tertiary/aromatic N) is 1. The summed E-state index contributed by atoms with van der Waals surface area (Å²) in [6, 6.07) is 17.1. The van der Waals surface area contributed by atoms with Crippen LogP contribution in [0.3, 0.4) is 0 Å². The van der Waals surface area contributed by atoms with Crippen LogP contribution in [-0.4, -0.2) is 36.4 Å². The molecule has 1 N–H and O–H groups in total. The van der Waals surface area contributed by atoms with E-state index in [0.717, 1.165) is 24.2 Å². The highest BCUT2D eigenvalue weighted by atomic mass is 16.5. The molecule has 3 rings (SSSR count). The molecule has 1 aliphatic rings. The quantitative estimate of drug-likeness (QED) is 0.832. The molecule has 1 heterocycles. The van der Waals surface area contributed by atoms with E-state index in [-0.39, 0.29) is 11.8 Å². The van der Waals surface area contributed by atoms with Crippen LogP contribution in [0, 0.1) is 5.41 Å². The Bertz CT molecular complexity index is 804. The number of rotatable bonds is 6. The van der Waals surface area contributed by atoms with Crippen molar-refractivity contribution in [1.82, 2.24) is 10.2 Å². The second kappa shape index (κ2) is 8.91. The molecule has 5 heteroatoms. The van der Waals surface area contributed by atoms with Crippen LogP contribution in [0.25, 0.3) is 0 Å². The van der Waals surface area contributed by atoms with Crippen molar-refractivity contribution in [2.24, 2.45) is 5.41 Å². The van der Waals surface area contributed by atoms with Crippen molar-refractivity contribution in [2.75, 3.05) is 19.7 Å². The van der Waals surface area contributed by atoms with Crippen LogP contribution < -0.4 is 10.1 Å². The van der Waals surface area contributed by atoms with E-state index in [4.69, 9.17) is 4.74 Å². The number of nitrogens with one attached hydrogen (secondary N) is 1.